The molecular weight excluding hydrogens is 224 g/mol. The Morgan fingerprint density at radius 1 is 1.35 bits per heavy atom. The van der Waals surface area contributed by atoms with Crippen LogP contribution in [0.2, 0.25) is 0 Å². The molecule has 4 heteroatoms. The van der Waals surface area contributed by atoms with E-state index in [1.807, 2.05) is 13.8 Å². The normalized spacial score (nSPS) is 12.5. The monoisotopic (exact) mass is 241 g/mol. The van der Waals surface area contributed by atoms with E-state index in [9.17, 15) is 8.78 Å². The maximum Gasteiger partial charge on any atom is 0.387 e. The summed E-state index contributed by atoms with van der Waals surface area (Å²) in [6.45, 7) is 5.87. The highest BCUT2D eigenvalue weighted by molar-refractivity contribution is 5.32. The quantitative estimate of drug-likeness (QED) is 0.769. The zero-order valence-corrected chi connectivity index (χ0v) is 10.0. The van der Waals surface area contributed by atoms with Crippen LogP contribution in [0.25, 0.3) is 0 Å². The molecule has 0 aliphatic heterocycles. The largest absolute Gasteiger partial charge is 0.435 e. The first-order valence-electron chi connectivity index (χ1n) is 5.48. The highest BCUT2D eigenvalue weighted by Crippen LogP contribution is 2.23. The molecule has 1 N–H and O–H groups in total. The molecular formula is C13H17F2NO. The molecule has 0 aliphatic rings. The third kappa shape index (κ3) is 4.15. The Morgan fingerprint density at radius 2 is 1.94 bits per heavy atom. The minimum atomic E-state index is -2.79. The van der Waals surface area contributed by atoms with Gasteiger partial charge in [-0.2, -0.15) is 8.78 Å². The third-order valence-corrected chi connectivity index (χ3v) is 2.34. The summed E-state index contributed by atoms with van der Waals surface area (Å²) in [7, 11) is 0. The topological polar surface area (TPSA) is 21.3 Å². The van der Waals surface area contributed by atoms with Crippen LogP contribution < -0.4 is 10.1 Å². The van der Waals surface area contributed by atoms with E-state index in [0.29, 0.717) is 0 Å². The smallest absolute Gasteiger partial charge is 0.387 e. The highest BCUT2D eigenvalue weighted by Gasteiger charge is 2.11. The van der Waals surface area contributed by atoms with Crippen molar-refractivity contribution in [1.82, 2.24) is 5.32 Å². The molecule has 1 unspecified atom stereocenters. The average molecular weight is 241 g/mol. The molecule has 94 valence electrons. The molecule has 0 bridgehead atoms. The SMILES string of the molecule is C=C(C)C(NCC)c1ccc(OC(F)F)cc1. The Hall–Kier alpha value is -1.42. The van der Waals surface area contributed by atoms with Crippen LogP contribution in [0.4, 0.5) is 8.78 Å². The van der Waals surface area contributed by atoms with Crippen molar-refractivity contribution >= 4 is 0 Å². The summed E-state index contributed by atoms with van der Waals surface area (Å²) in [5.74, 6) is 0.167. The number of benzene rings is 1. The van der Waals surface area contributed by atoms with Crippen LogP contribution in [0.1, 0.15) is 25.5 Å². The first kappa shape index (κ1) is 13.6. The van der Waals surface area contributed by atoms with Gasteiger partial charge in [0.2, 0.25) is 0 Å². The van der Waals surface area contributed by atoms with Crippen molar-refractivity contribution in [3.05, 3.63) is 42.0 Å². The Bertz CT molecular complexity index is 362. The molecule has 0 aromatic heterocycles. The number of likely N-dealkylation sites (N-methyl/N-ethyl adjacent to an activating group) is 1. The molecule has 0 radical (unpaired) electrons. The molecule has 0 saturated carbocycles. The molecule has 1 atom stereocenters. The fourth-order valence-corrected chi connectivity index (χ4v) is 1.62. The van der Waals surface area contributed by atoms with Crippen LogP contribution in [0.3, 0.4) is 0 Å². The van der Waals surface area contributed by atoms with E-state index in [4.69, 9.17) is 0 Å². The van der Waals surface area contributed by atoms with E-state index in [0.717, 1.165) is 17.7 Å². The van der Waals surface area contributed by atoms with Gasteiger partial charge in [-0.05, 0) is 31.2 Å². The summed E-state index contributed by atoms with van der Waals surface area (Å²) in [5.41, 5.74) is 1.97. The van der Waals surface area contributed by atoms with Crippen molar-refractivity contribution in [2.45, 2.75) is 26.5 Å². The van der Waals surface area contributed by atoms with E-state index in [2.05, 4.69) is 16.6 Å². The molecule has 0 aliphatic carbocycles. The molecule has 0 heterocycles. The number of rotatable bonds is 6. The Kier molecular flexibility index (Phi) is 5.10. The number of hydrogen-bond acceptors (Lipinski definition) is 2. The highest BCUT2D eigenvalue weighted by atomic mass is 19.3. The first-order valence-corrected chi connectivity index (χ1v) is 5.48. The Labute approximate surface area is 100 Å². The van der Waals surface area contributed by atoms with Crippen LogP contribution in [-0.4, -0.2) is 13.2 Å². The predicted octanol–water partition coefficient (Wildman–Crippen LogP) is 3.51. The maximum atomic E-state index is 12.0. The molecule has 2 nitrogen and oxygen atoms in total. The van der Waals surface area contributed by atoms with Crippen molar-refractivity contribution in [2.75, 3.05) is 6.54 Å². The van der Waals surface area contributed by atoms with Gasteiger partial charge in [-0.3, -0.25) is 0 Å². The number of ether oxygens (including phenoxy) is 1. The molecule has 0 saturated heterocycles. The first-order chi connectivity index (χ1) is 8.04. The van der Waals surface area contributed by atoms with Gasteiger partial charge in [0.25, 0.3) is 0 Å². The van der Waals surface area contributed by atoms with Gasteiger partial charge in [-0.1, -0.05) is 31.2 Å². The van der Waals surface area contributed by atoms with Crippen LogP contribution >= 0.6 is 0 Å². The lowest BCUT2D eigenvalue weighted by Gasteiger charge is -2.18. The van der Waals surface area contributed by atoms with E-state index < -0.39 is 6.61 Å². The maximum absolute atomic E-state index is 12.0. The lowest BCUT2D eigenvalue weighted by molar-refractivity contribution is -0.0498. The van der Waals surface area contributed by atoms with Gasteiger partial charge in [0.05, 0.1) is 6.04 Å². The van der Waals surface area contributed by atoms with E-state index in [1.54, 1.807) is 12.1 Å². The van der Waals surface area contributed by atoms with Gasteiger partial charge in [-0.15, -0.1) is 0 Å². The zero-order valence-electron chi connectivity index (χ0n) is 10.0. The standard InChI is InChI=1S/C13H17F2NO/c1-4-16-12(9(2)3)10-5-7-11(8-6-10)17-13(14)15/h5-8,12-13,16H,2,4H2,1,3H3. The van der Waals surface area contributed by atoms with Crippen LogP contribution in [-0.2, 0) is 0 Å². The third-order valence-electron chi connectivity index (χ3n) is 2.34. The molecule has 0 amide bonds. The van der Waals surface area contributed by atoms with Gasteiger partial charge < -0.3 is 10.1 Å². The zero-order chi connectivity index (χ0) is 12.8. The van der Waals surface area contributed by atoms with E-state index >= 15 is 0 Å². The molecule has 0 spiro atoms. The fraction of sp³-hybridized carbons (Fsp3) is 0.385. The number of nitrogens with one attached hydrogen (secondary N) is 1. The number of hydrogen-bond donors (Lipinski definition) is 1. The Balaban J connectivity index is 2.80. The van der Waals surface area contributed by atoms with Crippen molar-refractivity contribution in [3.63, 3.8) is 0 Å². The summed E-state index contributed by atoms with van der Waals surface area (Å²) in [6.07, 6.45) is 0. The van der Waals surface area contributed by atoms with Crippen molar-refractivity contribution in [1.29, 1.82) is 0 Å². The van der Waals surface area contributed by atoms with Crippen molar-refractivity contribution in [2.24, 2.45) is 0 Å². The van der Waals surface area contributed by atoms with Crippen LogP contribution in [0.15, 0.2) is 36.4 Å². The summed E-state index contributed by atoms with van der Waals surface area (Å²) >= 11 is 0. The second-order valence-corrected chi connectivity index (χ2v) is 3.78. The molecule has 17 heavy (non-hydrogen) atoms. The number of alkyl halides is 2. The molecule has 1 rings (SSSR count). The average Bonchev–Trinajstić information content (AvgIpc) is 2.26. The predicted molar refractivity (Wildman–Crippen MR) is 64.3 cm³/mol. The van der Waals surface area contributed by atoms with E-state index in [1.165, 1.54) is 12.1 Å². The van der Waals surface area contributed by atoms with Crippen LogP contribution in [0, 0.1) is 0 Å². The molecule has 0 fully saturated rings. The second-order valence-electron chi connectivity index (χ2n) is 3.78. The Morgan fingerprint density at radius 3 is 2.35 bits per heavy atom. The van der Waals surface area contributed by atoms with Gasteiger partial charge in [0, 0.05) is 0 Å². The summed E-state index contributed by atoms with van der Waals surface area (Å²) in [5, 5.41) is 3.27. The minimum Gasteiger partial charge on any atom is -0.435 e. The van der Waals surface area contributed by atoms with Gasteiger partial charge >= 0.3 is 6.61 Å². The number of halogens is 2. The summed E-state index contributed by atoms with van der Waals surface area (Å²) < 4.78 is 28.3. The lowest BCUT2D eigenvalue weighted by atomic mass is 10.0. The van der Waals surface area contributed by atoms with Gasteiger partial charge in [0.15, 0.2) is 0 Å². The van der Waals surface area contributed by atoms with Crippen LogP contribution in [0.5, 0.6) is 5.75 Å². The van der Waals surface area contributed by atoms with E-state index in [-0.39, 0.29) is 11.8 Å². The van der Waals surface area contributed by atoms with Crippen molar-refractivity contribution in [3.8, 4) is 5.75 Å². The van der Waals surface area contributed by atoms with Crippen molar-refractivity contribution < 1.29 is 13.5 Å². The molecule has 1 aromatic rings. The minimum absolute atomic E-state index is 0.0422. The molecule has 1 aromatic carbocycles. The fourth-order valence-electron chi connectivity index (χ4n) is 1.62. The van der Waals surface area contributed by atoms with Gasteiger partial charge in [-0.25, -0.2) is 0 Å². The second kappa shape index (κ2) is 6.35. The lowest BCUT2D eigenvalue weighted by Crippen LogP contribution is -2.21. The van der Waals surface area contributed by atoms with Gasteiger partial charge in [0.1, 0.15) is 5.75 Å². The summed E-state index contributed by atoms with van der Waals surface area (Å²) in [6, 6.07) is 6.64. The summed E-state index contributed by atoms with van der Waals surface area (Å²) in [4.78, 5) is 0.